The van der Waals surface area contributed by atoms with E-state index >= 15 is 0 Å². The summed E-state index contributed by atoms with van der Waals surface area (Å²) in [4.78, 5) is 23.3. The normalized spacial score (nSPS) is 18.2. The van der Waals surface area contributed by atoms with Crippen molar-refractivity contribution in [2.24, 2.45) is 17.8 Å². The van der Waals surface area contributed by atoms with Gasteiger partial charge in [-0.15, -0.1) is 12.4 Å². The van der Waals surface area contributed by atoms with E-state index in [0.717, 1.165) is 25.9 Å². The molecule has 21 heavy (non-hydrogen) atoms. The third-order valence-electron chi connectivity index (χ3n) is 3.99. The number of rotatable bonds is 7. The highest BCUT2D eigenvalue weighted by Gasteiger charge is 2.22. The van der Waals surface area contributed by atoms with Crippen LogP contribution in [0, 0.1) is 17.8 Å². The number of halogens is 1. The fraction of sp³-hybridized carbons (Fsp3) is 0.867. The molecule has 6 heteroatoms. The Labute approximate surface area is 134 Å². The average molecular weight is 321 g/mol. The molecular formula is C15H29ClN2O3. The maximum absolute atomic E-state index is 11.9. The van der Waals surface area contributed by atoms with Gasteiger partial charge in [0.2, 0.25) is 5.91 Å². The van der Waals surface area contributed by atoms with Gasteiger partial charge in [0.15, 0.2) is 0 Å². The van der Waals surface area contributed by atoms with Crippen LogP contribution in [0.1, 0.15) is 40.0 Å². The summed E-state index contributed by atoms with van der Waals surface area (Å²) in [5.74, 6) is 0.527. The van der Waals surface area contributed by atoms with E-state index in [1.165, 1.54) is 0 Å². The van der Waals surface area contributed by atoms with Crippen molar-refractivity contribution < 1.29 is 14.3 Å². The van der Waals surface area contributed by atoms with Crippen LogP contribution in [0.4, 0.5) is 0 Å². The van der Waals surface area contributed by atoms with E-state index in [9.17, 15) is 9.59 Å². The SMILES string of the molecule is CCOC(=O)C(C)CNC(=O)CC(C)C1CCNCC1.Cl. The lowest BCUT2D eigenvalue weighted by Crippen LogP contribution is -2.36. The number of ether oxygens (including phenoxy) is 1. The zero-order valence-electron chi connectivity index (χ0n) is 13.3. The molecule has 0 spiro atoms. The van der Waals surface area contributed by atoms with Crippen molar-refractivity contribution in [3.8, 4) is 0 Å². The molecule has 0 aromatic carbocycles. The molecule has 0 aromatic rings. The lowest BCUT2D eigenvalue weighted by atomic mass is 9.84. The van der Waals surface area contributed by atoms with Crippen molar-refractivity contribution in [3.05, 3.63) is 0 Å². The Bertz CT molecular complexity index is 320. The van der Waals surface area contributed by atoms with Gasteiger partial charge in [-0.2, -0.15) is 0 Å². The molecule has 1 fully saturated rings. The number of nitrogens with one attached hydrogen (secondary N) is 2. The van der Waals surface area contributed by atoms with Gasteiger partial charge in [-0.05, 0) is 44.7 Å². The van der Waals surface area contributed by atoms with Crippen LogP contribution >= 0.6 is 12.4 Å². The fourth-order valence-corrected chi connectivity index (χ4v) is 2.58. The first kappa shape index (κ1) is 20.2. The van der Waals surface area contributed by atoms with Crippen molar-refractivity contribution in [3.63, 3.8) is 0 Å². The van der Waals surface area contributed by atoms with Crippen molar-refractivity contribution in [1.82, 2.24) is 10.6 Å². The maximum Gasteiger partial charge on any atom is 0.310 e. The van der Waals surface area contributed by atoms with Gasteiger partial charge in [0.25, 0.3) is 0 Å². The minimum absolute atomic E-state index is 0. The molecule has 0 bridgehead atoms. The highest BCUT2D eigenvalue weighted by atomic mass is 35.5. The van der Waals surface area contributed by atoms with Crippen LogP contribution in [0.15, 0.2) is 0 Å². The van der Waals surface area contributed by atoms with Crippen LogP contribution in [0.25, 0.3) is 0 Å². The topological polar surface area (TPSA) is 67.4 Å². The van der Waals surface area contributed by atoms with Crippen LogP contribution < -0.4 is 10.6 Å². The van der Waals surface area contributed by atoms with Gasteiger partial charge < -0.3 is 15.4 Å². The first-order chi connectivity index (χ1) is 9.54. The molecule has 1 aliphatic heterocycles. The lowest BCUT2D eigenvalue weighted by molar-refractivity contribution is -0.147. The second-order valence-corrected chi connectivity index (χ2v) is 5.73. The molecule has 0 aromatic heterocycles. The summed E-state index contributed by atoms with van der Waals surface area (Å²) in [7, 11) is 0. The number of hydrogen-bond acceptors (Lipinski definition) is 4. The smallest absolute Gasteiger partial charge is 0.310 e. The number of hydrogen-bond donors (Lipinski definition) is 2. The third kappa shape index (κ3) is 7.67. The number of carbonyl (C=O) groups is 2. The van der Waals surface area contributed by atoms with E-state index in [2.05, 4.69) is 17.6 Å². The zero-order chi connectivity index (χ0) is 15.0. The first-order valence-electron chi connectivity index (χ1n) is 7.68. The Hall–Kier alpha value is -0.810. The largest absolute Gasteiger partial charge is 0.466 e. The molecule has 0 saturated carbocycles. The molecule has 2 unspecified atom stereocenters. The highest BCUT2D eigenvalue weighted by molar-refractivity contribution is 5.85. The summed E-state index contributed by atoms with van der Waals surface area (Å²) in [5.41, 5.74) is 0. The van der Waals surface area contributed by atoms with E-state index in [1.54, 1.807) is 13.8 Å². The molecule has 2 N–H and O–H groups in total. The van der Waals surface area contributed by atoms with Gasteiger partial charge >= 0.3 is 5.97 Å². The summed E-state index contributed by atoms with van der Waals surface area (Å²) >= 11 is 0. The molecule has 0 radical (unpaired) electrons. The van der Waals surface area contributed by atoms with E-state index < -0.39 is 0 Å². The average Bonchev–Trinajstić information content (AvgIpc) is 2.45. The monoisotopic (exact) mass is 320 g/mol. The highest BCUT2D eigenvalue weighted by Crippen LogP contribution is 2.24. The number of carbonyl (C=O) groups excluding carboxylic acids is 2. The fourth-order valence-electron chi connectivity index (χ4n) is 2.58. The maximum atomic E-state index is 11.9. The van der Waals surface area contributed by atoms with E-state index in [0.29, 0.717) is 31.4 Å². The van der Waals surface area contributed by atoms with E-state index in [4.69, 9.17) is 4.74 Å². The Balaban J connectivity index is 0.00000400. The summed E-state index contributed by atoms with van der Waals surface area (Å²) in [6, 6.07) is 0. The second kappa shape index (κ2) is 10.9. The molecule has 124 valence electrons. The minimum Gasteiger partial charge on any atom is -0.466 e. The molecule has 1 heterocycles. The van der Waals surface area contributed by atoms with Gasteiger partial charge in [-0.25, -0.2) is 0 Å². The third-order valence-corrected chi connectivity index (χ3v) is 3.99. The van der Waals surface area contributed by atoms with Crippen LogP contribution in [0.5, 0.6) is 0 Å². The first-order valence-corrected chi connectivity index (χ1v) is 7.68. The summed E-state index contributed by atoms with van der Waals surface area (Å²) in [6.45, 7) is 8.54. The number of esters is 1. The van der Waals surface area contributed by atoms with Gasteiger partial charge in [0.05, 0.1) is 12.5 Å². The molecule has 2 atom stereocenters. The predicted octanol–water partition coefficient (Wildman–Crippen LogP) is 1.75. The van der Waals surface area contributed by atoms with Crippen molar-refractivity contribution in [1.29, 1.82) is 0 Å². The molecule has 1 aliphatic rings. The van der Waals surface area contributed by atoms with Crippen molar-refractivity contribution in [2.45, 2.75) is 40.0 Å². The second-order valence-electron chi connectivity index (χ2n) is 5.73. The standard InChI is InChI=1S/C15H28N2O3.ClH/c1-4-20-15(19)12(3)10-17-14(18)9-11(2)13-5-7-16-8-6-13;/h11-13,16H,4-10H2,1-3H3,(H,17,18);1H. The van der Waals surface area contributed by atoms with E-state index in [-0.39, 0.29) is 30.2 Å². The molecule has 1 saturated heterocycles. The van der Waals surface area contributed by atoms with Crippen LogP contribution in [-0.4, -0.2) is 38.1 Å². The summed E-state index contributed by atoms with van der Waals surface area (Å²) in [5, 5.41) is 6.17. The van der Waals surface area contributed by atoms with Crippen LogP contribution in [-0.2, 0) is 14.3 Å². The number of piperidine rings is 1. The van der Waals surface area contributed by atoms with Gasteiger partial charge in [0, 0.05) is 13.0 Å². The quantitative estimate of drug-likeness (QED) is 0.701. The lowest BCUT2D eigenvalue weighted by Gasteiger charge is -2.28. The van der Waals surface area contributed by atoms with Gasteiger partial charge in [-0.1, -0.05) is 13.8 Å². The van der Waals surface area contributed by atoms with Crippen molar-refractivity contribution in [2.75, 3.05) is 26.2 Å². The Morgan fingerprint density at radius 3 is 2.48 bits per heavy atom. The van der Waals surface area contributed by atoms with Gasteiger partial charge in [-0.3, -0.25) is 9.59 Å². The summed E-state index contributed by atoms with van der Waals surface area (Å²) < 4.78 is 4.92. The molecule has 0 aliphatic carbocycles. The minimum atomic E-state index is -0.284. The molecule has 5 nitrogen and oxygen atoms in total. The summed E-state index contributed by atoms with van der Waals surface area (Å²) in [6.07, 6.45) is 2.83. The Morgan fingerprint density at radius 2 is 1.90 bits per heavy atom. The predicted molar refractivity (Wildman–Crippen MR) is 85.4 cm³/mol. The van der Waals surface area contributed by atoms with Crippen LogP contribution in [0.3, 0.4) is 0 Å². The number of amides is 1. The van der Waals surface area contributed by atoms with Crippen LogP contribution in [0.2, 0.25) is 0 Å². The zero-order valence-corrected chi connectivity index (χ0v) is 14.1. The Kier molecular flexibility index (Phi) is 10.4. The molecule has 1 amide bonds. The van der Waals surface area contributed by atoms with Crippen molar-refractivity contribution >= 4 is 24.3 Å². The molecule has 1 rings (SSSR count). The van der Waals surface area contributed by atoms with E-state index in [1.807, 2.05) is 0 Å². The Morgan fingerprint density at radius 1 is 1.29 bits per heavy atom. The van der Waals surface area contributed by atoms with Gasteiger partial charge in [0.1, 0.15) is 0 Å². The molecular weight excluding hydrogens is 292 g/mol.